The number of carbonyl (C=O) groups is 1. The Bertz CT molecular complexity index is 841. The van der Waals surface area contributed by atoms with Gasteiger partial charge in [0.25, 0.3) is 0 Å². The van der Waals surface area contributed by atoms with E-state index < -0.39 is 24.4 Å². The van der Waals surface area contributed by atoms with Crippen LogP contribution in [0.1, 0.15) is 44.7 Å². The number of aryl methyl sites for hydroxylation is 1. The minimum Gasteiger partial charge on any atom is -0.458 e. The third kappa shape index (κ3) is 4.54. The molecule has 4 atom stereocenters. The molecule has 0 saturated carbocycles. The highest BCUT2D eigenvalue weighted by molar-refractivity contribution is 5.73. The monoisotopic (exact) mass is 404 g/mol. The van der Waals surface area contributed by atoms with Crippen molar-refractivity contribution in [2.24, 2.45) is 10.9 Å². The zero-order valence-electron chi connectivity index (χ0n) is 16.3. The van der Waals surface area contributed by atoms with E-state index in [-0.39, 0.29) is 30.2 Å². The number of aromatic nitrogens is 2. The zero-order chi connectivity index (χ0) is 21.0. The average molecular weight is 404 g/mol. The fourth-order valence-electron chi connectivity index (χ4n) is 3.77. The molecule has 9 heteroatoms. The molecular formula is C20H25FN4O4. The number of esters is 1. The van der Waals surface area contributed by atoms with Crippen LogP contribution in [0.4, 0.5) is 15.9 Å². The van der Waals surface area contributed by atoms with E-state index in [1.165, 1.54) is 0 Å². The minimum atomic E-state index is -1.35. The number of rotatable bonds is 6. The summed E-state index contributed by atoms with van der Waals surface area (Å²) >= 11 is 0. The second-order valence-electron chi connectivity index (χ2n) is 7.38. The number of aliphatic hydroxyl groups is 1. The fraction of sp³-hybridized carbons (Fsp3) is 0.600. The molecule has 29 heavy (non-hydrogen) atoms. The van der Waals surface area contributed by atoms with Crippen LogP contribution < -0.4 is 5.73 Å². The molecule has 0 radical (unpaired) electrons. The molecule has 0 amide bonds. The van der Waals surface area contributed by atoms with E-state index >= 15 is 0 Å². The highest BCUT2D eigenvalue weighted by Gasteiger charge is 2.50. The van der Waals surface area contributed by atoms with Crippen molar-refractivity contribution in [1.29, 1.82) is 0 Å². The summed E-state index contributed by atoms with van der Waals surface area (Å²) < 4.78 is 24.9. The number of nitrogens with two attached hydrogens (primary N) is 1. The molecule has 1 unspecified atom stereocenters. The van der Waals surface area contributed by atoms with E-state index in [0.717, 1.165) is 0 Å². The lowest BCUT2D eigenvalue weighted by atomic mass is 9.93. The number of aliphatic hydroxyl groups excluding tert-OH is 1. The summed E-state index contributed by atoms with van der Waals surface area (Å²) in [7, 11) is 0. The molecular weight excluding hydrogens is 379 g/mol. The molecule has 3 N–H and O–H groups in total. The van der Waals surface area contributed by atoms with E-state index in [2.05, 4.69) is 20.9 Å². The first-order valence-corrected chi connectivity index (χ1v) is 9.72. The number of hydrogen-bond acceptors (Lipinski definition) is 8. The predicted octanol–water partition coefficient (Wildman–Crippen LogP) is 1.72. The van der Waals surface area contributed by atoms with Crippen LogP contribution in [0.3, 0.4) is 0 Å². The van der Waals surface area contributed by atoms with Crippen molar-refractivity contribution in [3.63, 3.8) is 0 Å². The molecule has 0 bridgehead atoms. The third-order valence-corrected chi connectivity index (χ3v) is 5.27. The Labute approximate surface area is 168 Å². The number of terminal acetylenes is 1. The van der Waals surface area contributed by atoms with Crippen LogP contribution in [0.5, 0.6) is 0 Å². The quantitative estimate of drug-likeness (QED) is 0.421. The van der Waals surface area contributed by atoms with Gasteiger partial charge < -0.3 is 20.3 Å². The molecule has 1 saturated heterocycles. The van der Waals surface area contributed by atoms with E-state index in [1.807, 2.05) is 6.92 Å². The Morgan fingerprint density at radius 1 is 1.55 bits per heavy atom. The first kappa shape index (κ1) is 21.1. The Morgan fingerprint density at radius 2 is 2.34 bits per heavy atom. The molecule has 0 aromatic carbocycles. The van der Waals surface area contributed by atoms with Crippen LogP contribution in [-0.4, -0.2) is 51.7 Å². The highest BCUT2D eigenvalue weighted by atomic mass is 19.1. The fourth-order valence-corrected chi connectivity index (χ4v) is 3.77. The minimum absolute atomic E-state index is 0.00378. The SMILES string of the molecule is C#C[C@]1(CO)O[C@@H](CC2C=Nc3c(N)nc(F)nc3CC2)C[C@@H]1OC(=O)CCC. The largest absolute Gasteiger partial charge is 0.458 e. The molecule has 1 aromatic heterocycles. The van der Waals surface area contributed by atoms with Crippen LogP contribution in [-0.2, 0) is 20.7 Å². The van der Waals surface area contributed by atoms with E-state index in [9.17, 15) is 14.3 Å². The number of halogens is 1. The summed E-state index contributed by atoms with van der Waals surface area (Å²) in [5.74, 6) is 2.12. The number of anilines is 1. The van der Waals surface area contributed by atoms with E-state index in [1.54, 1.807) is 6.21 Å². The zero-order valence-corrected chi connectivity index (χ0v) is 16.3. The van der Waals surface area contributed by atoms with Gasteiger partial charge in [0.05, 0.1) is 18.4 Å². The second kappa shape index (κ2) is 8.84. The van der Waals surface area contributed by atoms with Gasteiger partial charge in [-0.3, -0.25) is 9.79 Å². The maximum atomic E-state index is 13.4. The summed E-state index contributed by atoms with van der Waals surface area (Å²) in [6, 6.07) is 0. The number of nitrogen functional groups attached to an aromatic ring is 1. The summed E-state index contributed by atoms with van der Waals surface area (Å²) in [4.78, 5) is 23.6. The van der Waals surface area contributed by atoms with E-state index in [4.69, 9.17) is 21.6 Å². The van der Waals surface area contributed by atoms with Crippen molar-refractivity contribution in [3.8, 4) is 12.3 Å². The van der Waals surface area contributed by atoms with Crippen molar-refractivity contribution in [3.05, 3.63) is 11.8 Å². The number of carbonyl (C=O) groups excluding carboxylic acids is 1. The lowest BCUT2D eigenvalue weighted by Crippen LogP contribution is -2.44. The van der Waals surface area contributed by atoms with Gasteiger partial charge in [0.15, 0.2) is 11.4 Å². The summed E-state index contributed by atoms with van der Waals surface area (Å²) in [6.45, 7) is 1.43. The second-order valence-corrected chi connectivity index (χ2v) is 7.38. The van der Waals surface area contributed by atoms with E-state index in [0.29, 0.717) is 43.5 Å². The maximum Gasteiger partial charge on any atom is 0.310 e. The Morgan fingerprint density at radius 3 is 3.03 bits per heavy atom. The molecule has 3 heterocycles. The van der Waals surface area contributed by atoms with Gasteiger partial charge >= 0.3 is 12.0 Å². The summed E-state index contributed by atoms with van der Waals surface area (Å²) in [5, 5.41) is 9.82. The Hall–Kier alpha value is -2.57. The molecule has 1 aromatic rings. The van der Waals surface area contributed by atoms with Crippen LogP contribution in [0.2, 0.25) is 0 Å². The number of aliphatic imine (C=N–C) groups is 1. The molecule has 1 fully saturated rings. The van der Waals surface area contributed by atoms with Crippen LogP contribution in [0.25, 0.3) is 0 Å². The molecule has 2 aliphatic rings. The summed E-state index contributed by atoms with van der Waals surface area (Å²) in [6.07, 6.45) is 8.47. The number of nitrogens with zero attached hydrogens (tertiary/aromatic N) is 3. The molecule has 0 spiro atoms. The number of ether oxygens (including phenoxy) is 2. The van der Waals surface area contributed by atoms with Gasteiger partial charge in [0.2, 0.25) is 0 Å². The van der Waals surface area contributed by atoms with Crippen molar-refractivity contribution < 1.29 is 23.8 Å². The lowest BCUT2D eigenvalue weighted by molar-refractivity contribution is -0.158. The summed E-state index contributed by atoms with van der Waals surface area (Å²) in [5.41, 5.74) is 5.27. The third-order valence-electron chi connectivity index (χ3n) is 5.27. The molecule has 8 nitrogen and oxygen atoms in total. The molecule has 156 valence electrons. The first-order valence-electron chi connectivity index (χ1n) is 9.72. The molecule has 0 aliphatic carbocycles. The maximum absolute atomic E-state index is 13.4. The highest BCUT2D eigenvalue weighted by Crippen LogP contribution is 2.37. The first-order chi connectivity index (χ1) is 13.9. The molecule has 2 aliphatic heterocycles. The van der Waals surface area contributed by atoms with Gasteiger partial charge in [-0.05, 0) is 31.6 Å². The Kier molecular flexibility index (Phi) is 6.45. The standard InChI is InChI=1S/C20H25FN4O4/c1-3-5-16(27)28-15-9-13(29-20(15,4-2)11-26)8-12-6-7-14-17(23-10-12)18(22)25-19(21)24-14/h2,10,12-13,15,26H,3,5-9,11H2,1H3,(H2,22,24,25)/t12?,13-,15-,20+/m0/s1. The predicted molar refractivity (Wildman–Crippen MR) is 104 cm³/mol. The van der Waals surface area contributed by atoms with Crippen LogP contribution in [0, 0.1) is 24.3 Å². The van der Waals surface area contributed by atoms with Gasteiger partial charge in [-0.1, -0.05) is 12.8 Å². The van der Waals surface area contributed by atoms with Crippen molar-refractivity contribution in [2.75, 3.05) is 12.3 Å². The lowest BCUT2D eigenvalue weighted by Gasteiger charge is -2.27. The van der Waals surface area contributed by atoms with Crippen molar-refractivity contribution in [2.45, 2.75) is 63.3 Å². The van der Waals surface area contributed by atoms with Gasteiger partial charge in [-0.15, -0.1) is 6.42 Å². The Balaban J connectivity index is 1.69. The van der Waals surface area contributed by atoms with Crippen molar-refractivity contribution in [1.82, 2.24) is 9.97 Å². The van der Waals surface area contributed by atoms with Gasteiger partial charge in [-0.2, -0.15) is 9.37 Å². The number of fused-ring (bicyclic) bond motifs is 1. The van der Waals surface area contributed by atoms with Gasteiger partial charge in [-0.25, -0.2) is 4.98 Å². The smallest absolute Gasteiger partial charge is 0.310 e. The van der Waals surface area contributed by atoms with Gasteiger partial charge in [0, 0.05) is 19.1 Å². The van der Waals surface area contributed by atoms with Gasteiger partial charge in [0.1, 0.15) is 11.8 Å². The molecule has 3 rings (SSSR count). The van der Waals surface area contributed by atoms with Crippen molar-refractivity contribution >= 4 is 23.7 Å². The topological polar surface area (TPSA) is 120 Å². The normalized spacial score (nSPS) is 28.4. The van der Waals surface area contributed by atoms with Crippen LogP contribution >= 0.6 is 0 Å². The average Bonchev–Trinajstić information content (AvgIpc) is 2.88. The van der Waals surface area contributed by atoms with Crippen LogP contribution in [0.15, 0.2) is 4.99 Å². The number of hydrogen-bond donors (Lipinski definition) is 2.